The number of rotatable bonds is 7. The Hall–Kier alpha value is -3.03. The van der Waals surface area contributed by atoms with E-state index in [1.165, 1.54) is 4.57 Å². The smallest absolute Gasteiger partial charge is 0.332 e. The number of halogens is 2. The SMILES string of the molecule is CCn1c(=O)c(C(=O)COc2c(Cl)cccc2Cl)c(N)n(Cc2ccccc2)c1=O. The van der Waals surface area contributed by atoms with E-state index in [1.807, 2.05) is 30.3 Å². The van der Waals surface area contributed by atoms with Crippen molar-refractivity contribution >= 4 is 34.8 Å². The van der Waals surface area contributed by atoms with Crippen molar-refractivity contribution in [3.63, 3.8) is 0 Å². The summed E-state index contributed by atoms with van der Waals surface area (Å²) in [6.45, 7) is 1.32. The minimum Gasteiger partial charge on any atom is -0.482 e. The van der Waals surface area contributed by atoms with Crippen LogP contribution in [0.25, 0.3) is 0 Å². The topological polar surface area (TPSA) is 96.3 Å². The summed E-state index contributed by atoms with van der Waals surface area (Å²) >= 11 is 12.1. The molecule has 0 radical (unpaired) electrons. The molecule has 7 nitrogen and oxygen atoms in total. The minimum absolute atomic E-state index is 0.0875. The zero-order valence-corrected chi connectivity index (χ0v) is 17.6. The van der Waals surface area contributed by atoms with Crippen LogP contribution in [0.15, 0.2) is 58.1 Å². The Kier molecular flexibility index (Phi) is 6.64. The lowest BCUT2D eigenvalue weighted by Gasteiger charge is -2.16. The number of hydrogen-bond donors (Lipinski definition) is 1. The number of carbonyl (C=O) groups excluding carboxylic acids is 1. The third-order valence-corrected chi connectivity index (χ3v) is 5.11. The molecule has 0 aliphatic rings. The molecule has 3 rings (SSSR count). The molecule has 2 aromatic carbocycles. The van der Waals surface area contributed by atoms with Crippen LogP contribution in [-0.2, 0) is 13.1 Å². The Morgan fingerprint density at radius 3 is 2.23 bits per heavy atom. The van der Waals surface area contributed by atoms with Crippen LogP contribution in [0.5, 0.6) is 5.75 Å². The maximum Gasteiger partial charge on any atom is 0.332 e. The average molecular weight is 448 g/mol. The highest BCUT2D eigenvalue weighted by molar-refractivity contribution is 6.37. The molecule has 0 aliphatic carbocycles. The Morgan fingerprint density at radius 2 is 1.63 bits per heavy atom. The molecule has 2 N–H and O–H groups in total. The summed E-state index contributed by atoms with van der Waals surface area (Å²) in [5.41, 5.74) is 5.25. The lowest BCUT2D eigenvalue weighted by atomic mass is 10.2. The summed E-state index contributed by atoms with van der Waals surface area (Å²) in [5, 5.41) is 0.451. The largest absolute Gasteiger partial charge is 0.482 e. The fourth-order valence-corrected chi connectivity index (χ4v) is 3.51. The number of ketones is 1. The predicted octanol–water partition coefficient (Wildman–Crippen LogP) is 3.23. The number of aromatic nitrogens is 2. The number of nitrogens with zero attached hydrogens (tertiary/aromatic N) is 2. The van der Waals surface area contributed by atoms with E-state index in [0.29, 0.717) is 0 Å². The normalized spacial score (nSPS) is 10.8. The van der Waals surface area contributed by atoms with E-state index >= 15 is 0 Å². The Bertz CT molecular complexity index is 1180. The van der Waals surface area contributed by atoms with E-state index in [1.54, 1.807) is 25.1 Å². The van der Waals surface area contributed by atoms with Gasteiger partial charge in [-0.15, -0.1) is 0 Å². The number of nitrogen functional groups attached to an aromatic ring is 1. The Labute approximate surface area is 182 Å². The molecule has 9 heteroatoms. The van der Waals surface area contributed by atoms with Gasteiger partial charge in [0.1, 0.15) is 11.4 Å². The molecule has 0 amide bonds. The molecule has 0 saturated carbocycles. The monoisotopic (exact) mass is 447 g/mol. The number of benzene rings is 2. The maximum absolute atomic E-state index is 12.8. The number of para-hydroxylation sites is 1. The van der Waals surface area contributed by atoms with Crippen molar-refractivity contribution < 1.29 is 9.53 Å². The van der Waals surface area contributed by atoms with Crippen LogP contribution in [0.1, 0.15) is 22.8 Å². The van der Waals surface area contributed by atoms with Gasteiger partial charge in [0.2, 0.25) is 5.78 Å². The van der Waals surface area contributed by atoms with Gasteiger partial charge < -0.3 is 10.5 Å². The second-order valence-electron chi connectivity index (χ2n) is 6.43. The van der Waals surface area contributed by atoms with E-state index in [2.05, 4.69) is 0 Å². The van der Waals surface area contributed by atoms with Gasteiger partial charge >= 0.3 is 5.69 Å². The van der Waals surface area contributed by atoms with Crippen molar-refractivity contribution in [3.8, 4) is 5.75 Å². The highest BCUT2D eigenvalue weighted by atomic mass is 35.5. The summed E-state index contributed by atoms with van der Waals surface area (Å²) < 4.78 is 7.62. The van der Waals surface area contributed by atoms with Crippen LogP contribution in [-0.4, -0.2) is 21.5 Å². The third kappa shape index (κ3) is 4.27. The van der Waals surface area contributed by atoms with Gasteiger partial charge in [0.15, 0.2) is 12.4 Å². The van der Waals surface area contributed by atoms with Crippen molar-refractivity contribution in [2.24, 2.45) is 0 Å². The summed E-state index contributed by atoms with van der Waals surface area (Å²) in [7, 11) is 0. The van der Waals surface area contributed by atoms with Gasteiger partial charge in [0.05, 0.1) is 16.6 Å². The highest BCUT2D eigenvalue weighted by Gasteiger charge is 2.23. The Balaban J connectivity index is 2.01. The molecular weight excluding hydrogens is 429 g/mol. The first-order valence-electron chi connectivity index (χ1n) is 9.12. The number of nitrogens with two attached hydrogens (primary N) is 1. The minimum atomic E-state index is -0.761. The molecule has 0 saturated heterocycles. The van der Waals surface area contributed by atoms with E-state index in [9.17, 15) is 14.4 Å². The van der Waals surface area contributed by atoms with Crippen LogP contribution in [0.2, 0.25) is 10.0 Å². The van der Waals surface area contributed by atoms with Gasteiger partial charge in [-0.05, 0) is 24.6 Å². The third-order valence-electron chi connectivity index (χ3n) is 4.51. The Morgan fingerprint density at radius 1 is 1.00 bits per heavy atom. The number of carbonyl (C=O) groups is 1. The number of Topliss-reactive ketones (excluding diaryl/α,β-unsaturated/α-hetero) is 1. The molecule has 0 bridgehead atoms. The molecule has 1 aromatic heterocycles. The lowest BCUT2D eigenvalue weighted by Crippen LogP contribution is -2.44. The molecule has 156 valence electrons. The maximum atomic E-state index is 12.8. The van der Waals surface area contributed by atoms with Gasteiger partial charge in [-0.25, -0.2) is 4.79 Å². The zero-order valence-electron chi connectivity index (χ0n) is 16.1. The molecule has 0 aliphatic heterocycles. The molecule has 30 heavy (non-hydrogen) atoms. The van der Waals surface area contributed by atoms with Crippen molar-refractivity contribution in [2.45, 2.75) is 20.0 Å². The second kappa shape index (κ2) is 9.19. The van der Waals surface area contributed by atoms with Crippen molar-refractivity contribution in [3.05, 3.63) is 90.5 Å². The van der Waals surface area contributed by atoms with Crippen LogP contribution < -0.4 is 21.7 Å². The van der Waals surface area contributed by atoms with Crippen molar-refractivity contribution in [1.82, 2.24) is 9.13 Å². The van der Waals surface area contributed by atoms with Crippen LogP contribution in [0.3, 0.4) is 0 Å². The van der Waals surface area contributed by atoms with Crippen LogP contribution in [0, 0.1) is 0 Å². The molecule has 0 spiro atoms. The van der Waals surface area contributed by atoms with E-state index in [-0.39, 0.29) is 40.3 Å². The molecular formula is C21H19Cl2N3O4. The summed E-state index contributed by atoms with van der Waals surface area (Å²) in [5.74, 6) is -0.768. The number of ether oxygens (including phenoxy) is 1. The lowest BCUT2D eigenvalue weighted by molar-refractivity contribution is 0.0919. The average Bonchev–Trinajstić information content (AvgIpc) is 2.72. The predicted molar refractivity (Wildman–Crippen MR) is 117 cm³/mol. The highest BCUT2D eigenvalue weighted by Crippen LogP contribution is 2.32. The first-order chi connectivity index (χ1) is 14.3. The van der Waals surface area contributed by atoms with Gasteiger partial charge in [-0.3, -0.25) is 18.7 Å². The van der Waals surface area contributed by atoms with Gasteiger partial charge in [-0.1, -0.05) is 59.6 Å². The quantitative estimate of drug-likeness (QED) is 0.560. The van der Waals surface area contributed by atoms with E-state index in [0.717, 1.165) is 10.1 Å². The van der Waals surface area contributed by atoms with Gasteiger partial charge in [0.25, 0.3) is 5.56 Å². The second-order valence-corrected chi connectivity index (χ2v) is 7.24. The first kappa shape index (κ1) is 21.7. The first-order valence-corrected chi connectivity index (χ1v) is 9.87. The molecule has 0 unspecified atom stereocenters. The molecule has 1 heterocycles. The van der Waals surface area contributed by atoms with E-state index < -0.39 is 23.6 Å². The standard InChI is InChI=1S/C21H19Cl2N3O4/c1-2-25-20(28)17(16(27)12-30-18-14(22)9-6-10-15(18)23)19(24)26(21(25)29)11-13-7-4-3-5-8-13/h3-10H,2,11-12,24H2,1H3. The summed E-state index contributed by atoms with van der Waals surface area (Å²) in [6.07, 6.45) is 0. The summed E-state index contributed by atoms with van der Waals surface area (Å²) in [6, 6.07) is 13.9. The van der Waals surface area contributed by atoms with Crippen molar-refractivity contribution in [2.75, 3.05) is 12.3 Å². The van der Waals surface area contributed by atoms with E-state index in [4.69, 9.17) is 33.7 Å². The molecule has 0 atom stereocenters. The fourth-order valence-electron chi connectivity index (χ4n) is 3.01. The zero-order chi connectivity index (χ0) is 21.8. The van der Waals surface area contributed by atoms with Crippen molar-refractivity contribution in [1.29, 1.82) is 0 Å². The van der Waals surface area contributed by atoms with Crippen LogP contribution in [0.4, 0.5) is 5.82 Å². The molecule has 0 fully saturated rings. The van der Waals surface area contributed by atoms with Gasteiger partial charge in [-0.2, -0.15) is 0 Å². The fraction of sp³-hybridized carbons (Fsp3) is 0.190. The van der Waals surface area contributed by atoms with Gasteiger partial charge in [0, 0.05) is 6.54 Å². The molecule has 3 aromatic rings. The number of hydrogen-bond acceptors (Lipinski definition) is 5. The van der Waals surface area contributed by atoms with Crippen LogP contribution >= 0.6 is 23.2 Å². The summed E-state index contributed by atoms with van der Waals surface area (Å²) in [4.78, 5) is 38.4. The number of anilines is 1.